The monoisotopic (exact) mass is 237 g/mol. The van der Waals surface area contributed by atoms with Crippen LogP contribution in [-0.2, 0) is 0 Å². The Kier molecular flexibility index (Phi) is 2.79. The van der Waals surface area contributed by atoms with Crippen LogP contribution in [0.1, 0.15) is 52.9 Å². The van der Waals surface area contributed by atoms with E-state index in [0.717, 1.165) is 23.7 Å². The van der Waals surface area contributed by atoms with Crippen LogP contribution >= 0.6 is 0 Å². The molecular weight excluding hydrogens is 210 g/mol. The summed E-state index contributed by atoms with van der Waals surface area (Å²) in [4.78, 5) is 0. The average Bonchev–Trinajstić information content (AvgIpc) is 2.85. The fourth-order valence-corrected chi connectivity index (χ4v) is 4.78. The lowest BCUT2D eigenvalue weighted by Gasteiger charge is -2.37. The van der Waals surface area contributed by atoms with Gasteiger partial charge in [0.1, 0.15) is 0 Å². The number of hydrogen-bond donors (Lipinski definition) is 2. The van der Waals surface area contributed by atoms with Gasteiger partial charge in [0.15, 0.2) is 0 Å². The molecule has 3 aliphatic carbocycles. The van der Waals surface area contributed by atoms with Crippen LogP contribution in [0.25, 0.3) is 0 Å². The van der Waals surface area contributed by atoms with E-state index in [4.69, 9.17) is 0 Å². The Labute approximate surface area is 105 Å². The predicted molar refractivity (Wildman–Crippen MR) is 69.7 cm³/mol. The summed E-state index contributed by atoms with van der Waals surface area (Å²) in [6.45, 7) is 5.95. The number of fused-ring (bicyclic) bond motifs is 5. The van der Waals surface area contributed by atoms with Gasteiger partial charge in [0.05, 0.1) is 5.60 Å². The first-order valence-corrected chi connectivity index (χ1v) is 7.45. The molecule has 0 saturated heterocycles. The molecule has 0 aromatic heterocycles. The van der Waals surface area contributed by atoms with Crippen molar-refractivity contribution >= 4 is 0 Å². The van der Waals surface area contributed by atoms with E-state index in [1.807, 2.05) is 13.8 Å². The van der Waals surface area contributed by atoms with E-state index in [-0.39, 0.29) is 6.04 Å². The van der Waals surface area contributed by atoms with Gasteiger partial charge in [-0.25, -0.2) is 0 Å². The molecule has 3 aliphatic rings. The molecule has 3 fully saturated rings. The van der Waals surface area contributed by atoms with E-state index in [2.05, 4.69) is 12.2 Å². The molecule has 2 N–H and O–H groups in total. The molecule has 6 unspecified atom stereocenters. The van der Waals surface area contributed by atoms with Gasteiger partial charge in [-0.05, 0) is 70.1 Å². The lowest BCUT2D eigenvalue weighted by atomic mass is 9.78. The number of hydrogen-bond acceptors (Lipinski definition) is 2. The van der Waals surface area contributed by atoms with Gasteiger partial charge in [-0.1, -0.05) is 6.42 Å². The zero-order valence-electron chi connectivity index (χ0n) is 11.4. The quantitative estimate of drug-likeness (QED) is 0.790. The molecule has 0 spiro atoms. The van der Waals surface area contributed by atoms with Crippen molar-refractivity contribution in [3.05, 3.63) is 0 Å². The summed E-state index contributed by atoms with van der Waals surface area (Å²) in [5.41, 5.74) is -0.600. The van der Waals surface area contributed by atoms with Gasteiger partial charge in [0.2, 0.25) is 0 Å². The molecule has 0 aromatic rings. The van der Waals surface area contributed by atoms with E-state index < -0.39 is 5.60 Å². The average molecular weight is 237 g/mol. The molecule has 3 rings (SSSR count). The van der Waals surface area contributed by atoms with E-state index in [0.29, 0.717) is 6.04 Å². The second-order valence-corrected chi connectivity index (χ2v) is 7.30. The summed E-state index contributed by atoms with van der Waals surface area (Å²) < 4.78 is 0. The van der Waals surface area contributed by atoms with Gasteiger partial charge in [0, 0.05) is 12.1 Å². The minimum Gasteiger partial charge on any atom is -0.389 e. The molecule has 0 heterocycles. The summed E-state index contributed by atoms with van der Waals surface area (Å²) >= 11 is 0. The Morgan fingerprint density at radius 3 is 2.53 bits per heavy atom. The van der Waals surface area contributed by atoms with E-state index in [1.54, 1.807) is 0 Å². The van der Waals surface area contributed by atoms with Crippen molar-refractivity contribution in [3.63, 3.8) is 0 Å². The Morgan fingerprint density at radius 1 is 1.12 bits per heavy atom. The topological polar surface area (TPSA) is 32.3 Å². The maximum atomic E-state index is 10.0. The largest absolute Gasteiger partial charge is 0.389 e. The summed E-state index contributed by atoms with van der Waals surface area (Å²) in [5.74, 6) is 3.99. The van der Waals surface area contributed by atoms with Gasteiger partial charge in [-0.3, -0.25) is 0 Å². The van der Waals surface area contributed by atoms with Crippen LogP contribution in [0, 0.1) is 23.7 Å². The van der Waals surface area contributed by atoms with Crippen LogP contribution in [0.15, 0.2) is 0 Å². The Balaban J connectivity index is 1.64. The SMILES string of the molecule is CC(NC1CC2CC1C1CCCC21)C(C)(C)O. The third kappa shape index (κ3) is 1.94. The second kappa shape index (κ2) is 3.96. The molecule has 17 heavy (non-hydrogen) atoms. The zero-order chi connectivity index (χ0) is 12.2. The fourth-order valence-electron chi connectivity index (χ4n) is 4.78. The molecule has 0 aliphatic heterocycles. The number of nitrogens with one attached hydrogen (secondary N) is 1. The van der Waals surface area contributed by atoms with Gasteiger partial charge in [-0.2, -0.15) is 0 Å². The number of rotatable bonds is 3. The van der Waals surface area contributed by atoms with Crippen LogP contribution in [0.5, 0.6) is 0 Å². The van der Waals surface area contributed by atoms with Crippen molar-refractivity contribution < 1.29 is 5.11 Å². The van der Waals surface area contributed by atoms with Crippen LogP contribution in [-0.4, -0.2) is 22.8 Å². The third-order valence-electron chi connectivity index (χ3n) is 5.95. The van der Waals surface area contributed by atoms with Crippen molar-refractivity contribution in [1.82, 2.24) is 5.32 Å². The molecule has 0 amide bonds. The van der Waals surface area contributed by atoms with Crippen molar-refractivity contribution in [1.29, 1.82) is 0 Å². The van der Waals surface area contributed by atoms with Crippen LogP contribution in [0.3, 0.4) is 0 Å². The maximum Gasteiger partial charge on any atom is 0.0741 e. The second-order valence-electron chi connectivity index (χ2n) is 7.30. The molecule has 2 heteroatoms. The molecule has 0 radical (unpaired) electrons. The first-order chi connectivity index (χ1) is 7.97. The normalized spacial score (nSPS) is 46.2. The van der Waals surface area contributed by atoms with Crippen LogP contribution < -0.4 is 5.32 Å². The molecule has 6 atom stereocenters. The maximum absolute atomic E-state index is 10.0. The van der Waals surface area contributed by atoms with Crippen molar-refractivity contribution in [3.8, 4) is 0 Å². The van der Waals surface area contributed by atoms with Crippen LogP contribution in [0.2, 0.25) is 0 Å². The van der Waals surface area contributed by atoms with E-state index in [9.17, 15) is 5.11 Å². The molecule has 2 bridgehead atoms. The van der Waals surface area contributed by atoms with E-state index >= 15 is 0 Å². The highest BCUT2D eigenvalue weighted by Crippen LogP contribution is 2.58. The Hall–Kier alpha value is -0.0800. The number of aliphatic hydroxyl groups is 1. The Bertz CT molecular complexity index is 296. The highest BCUT2D eigenvalue weighted by Gasteiger charge is 2.54. The standard InChI is InChI=1S/C15H27NO/c1-9(15(2,3)17)16-14-8-10-7-13(14)12-6-4-5-11(10)12/h9-14,16-17H,4-8H2,1-3H3. The zero-order valence-corrected chi connectivity index (χ0v) is 11.4. The summed E-state index contributed by atoms with van der Waals surface area (Å²) in [7, 11) is 0. The van der Waals surface area contributed by atoms with E-state index in [1.165, 1.54) is 32.1 Å². The smallest absolute Gasteiger partial charge is 0.0741 e. The van der Waals surface area contributed by atoms with Gasteiger partial charge >= 0.3 is 0 Å². The fraction of sp³-hybridized carbons (Fsp3) is 1.00. The minimum absolute atomic E-state index is 0.201. The van der Waals surface area contributed by atoms with Crippen molar-refractivity contribution in [2.24, 2.45) is 23.7 Å². The minimum atomic E-state index is -0.600. The summed E-state index contributed by atoms with van der Waals surface area (Å²) in [6.07, 6.45) is 7.27. The van der Waals surface area contributed by atoms with Gasteiger partial charge in [0.25, 0.3) is 0 Å². The van der Waals surface area contributed by atoms with Crippen molar-refractivity contribution in [2.45, 2.75) is 70.6 Å². The highest BCUT2D eigenvalue weighted by molar-refractivity contribution is 5.06. The molecule has 0 aromatic carbocycles. The first kappa shape index (κ1) is 12.0. The summed E-state index contributed by atoms with van der Waals surface area (Å²) in [5, 5.41) is 13.8. The first-order valence-electron chi connectivity index (χ1n) is 7.45. The highest BCUT2D eigenvalue weighted by atomic mass is 16.3. The molecule has 2 nitrogen and oxygen atoms in total. The Morgan fingerprint density at radius 2 is 1.82 bits per heavy atom. The molecular formula is C15H27NO. The predicted octanol–water partition coefficient (Wildman–Crippen LogP) is 2.56. The van der Waals surface area contributed by atoms with Gasteiger partial charge in [-0.15, -0.1) is 0 Å². The van der Waals surface area contributed by atoms with Gasteiger partial charge < -0.3 is 10.4 Å². The van der Waals surface area contributed by atoms with Crippen molar-refractivity contribution in [2.75, 3.05) is 0 Å². The van der Waals surface area contributed by atoms with Crippen LogP contribution in [0.4, 0.5) is 0 Å². The molecule has 98 valence electrons. The third-order valence-corrected chi connectivity index (χ3v) is 5.95. The summed E-state index contributed by atoms with van der Waals surface area (Å²) in [6, 6.07) is 0.882. The lowest BCUT2D eigenvalue weighted by Crippen LogP contribution is -2.51. The molecule has 3 saturated carbocycles. The lowest BCUT2D eigenvalue weighted by molar-refractivity contribution is 0.0330.